The van der Waals surface area contributed by atoms with Crippen LogP contribution in [-0.2, 0) is 4.79 Å². The molecule has 0 amide bonds. The maximum Gasteiger partial charge on any atom is 0.436 e. The quantitative estimate of drug-likeness (QED) is 0.601. The van der Waals surface area contributed by atoms with Crippen molar-refractivity contribution >= 4 is 5.97 Å². The minimum atomic E-state index is -7.17. The summed E-state index contributed by atoms with van der Waals surface area (Å²) >= 11 is 0. The van der Waals surface area contributed by atoms with Gasteiger partial charge in [-0.3, -0.25) is 4.79 Å². The number of hydrogen-bond acceptors (Lipinski definition) is 3. The highest BCUT2D eigenvalue weighted by Crippen LogP contribution is 2.67. The Kier molecular flexibility index (Phi) is 3.91. The van der Waals surface area contributed by atoms with Gasteiger partial charge in [0.2, 0.25) is 0 Å². The van der Waals surface area contributed by atoms with Crippen molar-refractivity contribution in [2.45, 2.75) is 35.9 Å². The minimum absolute atomic E-state index is 2.20. The molecule has 1 unspecified atom stereocenters. The van der Waals surface area contributed by atoms with Crippen LogP contribution < -0.4 is 0 Å². The highest BCUT2D eigenvalue weighted by Gasteiger charge is 2.99. The molecule has 22 heavy (non-hydrogen) atoms. The van der Waals surface area contributed by atoms with Crippen LogP contribution in [0.25, 0.3) is 0 Å². The molecule has 1 aliphatic heterocycles. The Balaban J connectivity index is 3.74. The van der Waals surface area contributed by atoms with Crippen molar-refractivity contribution in [2.75, 3.05) is 6.61 Å². The lowest BCUT2D eigenvalue weighted by atomic mass is 9.97. The first kappa shape index (κ1) is 18.7. The lowest BCUT2D eigenvalue weighted by Crippen LogP contribution is -2.64. The molecule has 1 fully saturated rings. The van der Waals surface area contributed by atoms with Gasteiger partial charge in [0.15, 0.2) is 0 Å². The first-order valence-corrected chi connectivity index (χ1v) is 5.04. The molecular formula is C8H5F10NO3. The fourth-order valence-electron chi connectivity index (χ4n) is 1.90. The van der Waals surface area contributed by atoms with Gasteiger partial charge in [-0.25, -0.2) is 4.39 Å². The van der Waals surface area contributed by atoms with Gasteiger partial charge in [0.25, 0.3) is 0 Å². The number of halogens is 10. The lowest BCUT2D eigenvalue weighted by molar-refractivity contribution is -0.360. The molecule has 2 N–H and O–H groups in total. The normalized spacial score (nSPS) is 32.0. The van der Waals surface area contributed by atoms with Crippen LogP contribution >= 0.6 is 0 Å². The van der Waals surface area contributed by atoms with Crippen molar-refractivity contribution in [1.29, 1.82) is 0 Å². The fourth-order valence-corrected chi connectivity index (χ4v) is 1.90. The van der Waals surface area contributed by atoms with Gasteiger partial charge in [-0.05, 0) is 0 Å². The summed E-state index contributed by atoms with van der Waals surface area (Å²) in [5.74, 6) is -9.81. The fraction of sp³-hybridized carbons (Fsp3) is 0.875. The topological polar surface area (TPSA) is 60.8 Å². The van der Waals surface area contributed by atoms with Crippen LogP contribution in [0.2, 0.25) is 0 Å². The van der Waals surface area contributed by atoms with Gasteiger partial charge in [-0.2, -0.15) is 44.4 Å². The Bertz CT molecular complexity index is 477. The van der Waals surface area contributed by atoms with Crippen molar-refractivity contribution in [3.05, 3.63) is 0 Å². The van der Waals surface area contributed by atoms with E-state index in [-0.39, 0.29) is 0 Å². The summed E-state index contributed by atoms with van der Waals surface area (Å²) in [6.45, 7) is -2.20. The zero-order valence-electron chi connectivity index (χ0n) is 9.81. The molecule has 0 aliphatic carbocycles. The average Bonchev–Trinajstić information content (AvgIpc) is 2.38. The van der Waals surface area contributed by atoms with Crippen LogP contribution in [0.4, 0.5) is 43.9 Å². The summed E-state index contributed by atoms with van der Waals surface area (Å²) < 4.78 is 130. The zero-order valence-corrected chi connectivity index (χ0v) is 9.81. The molecule has 0 saturated carbocycles. The Labute approximate surface area is 113 Å². The highest BCUT2D eigenvalue weighted by molar-refractivity contribution is 5.74. The van der Waals surface area contributed by atoms with Crippen LogP contribution in [0.5, 0.6) is 0 Å². The molecule has 0 aromatic heterocycles. The molecule has 2 atom stereocenters. The predicted molar refractivity (Wildman–Crippen MR) is 45.1 cm³/mol. The van der Waals surface area contributed by atoms with E-state index in [4.69, 9.17) is 10.2 Å². The zero-order chi connectivity index (χ0) is 17.9. The molecule has 0 spiro atoms. The summed E-state index contributed by atoms with van der Waals surface area (Å²) in [5, 5.41) is 16.8. The molecule has 14 heteroatoms. The van der Waals surface area contributed by atoms with Crippen LogP contribution in [-0.4, -0.2) is 63.6 Å². The first-order chi connectivity index (χ1) is 9.51. The number of carbonyl (C=O) groups is 1. The predicted octanol–water partition coefficient (Wildman–Crippen LogP) is 1.84. The molecule has 0 aromatic carbocycles. The molecule has 4 nitrogen and oxygen atoms in total. The van der Waals surface area contributed by atoms with E-state index in [0.29, 0.717) is 0 Å². The van der Waals surface area contributed by atoms with E-state index >= 15 is 0 Å². The maximum absolute atomic E-state index is 13.5. The standard InChI is InChI=1S/C8H5F10NO3/c9-4(6(12,13)14)5(10,11)8(17,18)19(7(4,15)16)2(1-20)3(21)22/h2,20H,1H2,(H,21,22)/t2-,4?/m0/s1. The summed E-state index contributed by atoms with van der Waals surface area (Å²) in [6, 6.07) is -16.8. The van der Waals surface area contributed by atoms with Crippen molar-refractivity contribution in [1.82, 2.24) is 4.90 Å². The second-order valence-corrected chi connectivity index (χ2v) is 4.22. The largest absolute Gasteiger partial charge is 0.480 e. The minimum Gasteiger partial charge on any atom is -0.480 e. The molecular weight excluding hydrogens is 348 g/mol. The third kappa shape index (κ3) is 1.82. The highest BCUT2D eigenvalue weighted by atomic mass is 19.4. The summed E-state index contributed by atoms with van der Waals surface area (Å²) in [7, 11) is 0. The molecule has 1 saturated heterocycles. The van der Waals surface area contributed by atoms with Gasteiger partial charge in [-0.1, -0.05) is 0 Å². The Hall–Kier alpha value is -1.31. The molecule has 1 heterocycles. The third-order valence-corrected chi connectivity index (χ3v) is 2.99. The SMILES string of the molecule is O=C(O)[C@H](CO)N1C(F)(F)C(F)(F)C(F)(C(F)(F)F)C1(F)F. The number of carboxylic acids is 1. The van der Waals surface area contributed by atoms with Crippen molar-refractivity contribution in [2.24, 2.45) is 0 Å². The second-order valence-electron chi connectivity index (χ2n) is 4.22. The van der Waals surface area contributed by atoms with Gasteiger partial charge in [0.1, 0.15) is 6.04 Å². The Morgan fingerprint density at radius 3 is 1.64 bits per heavy atom. The Morgan fingerprint density at radius 1 is 1.00 bits per heavy atom. The van der Waals surface area contributed by atoms with Crippen LogP contribution in [0.15, 0.2) is 0 Å². The van der Waals surface area contributed by atoms with E-state index in [9.17, 15) is 48.7 Å². The number of alkyl halides is 10. The van der Waals surface area contributed by atoms with Crippen molar-refractivity contribution < 1.29 is 58.9 Å². The van der Waals surface area contributed by atoms with Gasteiger partial charge >= 0.3 is 35.8 Å². The molecule has 1 aliphatic rings. The van der Waals surface area contributed by atoms with Crippen LogP contribution in [0.3, 0.4) is 0 Å². The lowest BCUT2D eigenvalue weighted by Gasteiger charge is -2.34. The van der Waals surface area contributed by atoms with Gasteiger partial charge in [-0.15, -0.1) is 0 Å². The first-order valence-electron chi connectivity index (χ1n) is 5.04. The van der Waals surface area contributed by atoms with E-state index in [2.05, 4.69) is 0 Å². The number of aliphatic hydroxyl groups excluding tert-OH is 1. The summed E-state index contributed by atoms with van der Waals surface area (Å²) in [5.41, 5.74) is -7.07. The average molecular weight is 353 g/mol. The number of aliphatic hydroxyl groups is 1. The van der Waals surface area contributed by atoms with E-state index in [1.54, 1.807) is 0 Å². The Morgan fingerprint density at radius 2 is 1.41 bits per heavy atom. The number of nitrogens with zero attached hydrogens (tertiary/aromatic N) is 1. The number of likely N-dealkylation sites (tertiary alicyclic amines) is 1. The third-order valence-electron chi connectivity index (χ3n) is 2.99. The van der Waals surface area contributed by atoms with E-state index in [1.807, 2.05) is 0 Å². The summed E-state index contributed by atoms with van der Waals surface area (Å²) in [4.78, 5) is 7.97. The molecule has 0 aromatic rings. The summed E-state index contributed by atoms with van der Waals surface area (Å²) in [6.07, 6.45) is -7.17. The van der Waals surface area contributed by atoms with Crippen LogP contribution in [0, 0.1) is 0 Å². The number of hydrogen-bond donors (Lipinski definition) is 2. The van der Waals surface area contributed by atoms with Gasteiger partial charge < -0.3 is 10.2 Å². The van der Waals surface area contributed by atoms with Crippen LogP contribution in [0.1, 0.15) is 0 Å². The van der Waals surface area contributed by atoms with E-state index in [0.717, 1.165) is 0 Å². The molecule has 0 radical (unpaired) electrons. The molecule has 130 valence electrons. The smallest absolute Gasteiger partial charge is 0.436 e. The van der Waals surface area contributed by atoms with E-state index in [1.165, 1.54) is 0 Å². The monoisotopic (exact) mass is 353 g/mol. The number of carboxylic acid groups (broad SMARTS) is 1. The number of aliphatic carboxylic acids is 1. The maximum atomic E-state index is 13.5. The second kappa shape index (κ2) is 4.59. The van der Waals surface area contributed by atoms with Crippen molar-refractivity contribution in [3.63, 3.8) is 0 Å². The van der Waals surface area contributed by atoms with Crippen molar-refractivity contribution in [3.8, 4) is 0 Å². The molecule has 1 rings (SSSR count). The van der Waals surface area contributed by atoms with Gasteiger partial charge in [0.05, 0.1) is 6.61 Å². The molecule has 0 bridgehead atoms. The van der Waals surface area contributed by atoms with Gasteiger partial charge in [0, 0.05) is 0 Å². The van der Waals surface area contributed by atoms with E-state index < -0.39 is 53.4 Å². The number of rotatable bonds is 3.